The molecule has 0 unspecified atom stereocenters. The molecule has 2 rings (SSSR count). The van der Waals surface area contributed by atoms with E-state index in [0.29, 0.717) is 5.92 Å². The van der Waals surface area contributed by atoms with Gasteiger partial charge in [-0.05, 0) is 29.4 Å². The fourth-order valence-electron chi connectivity index (χ4n) is 3.15. The summed E-state index contributed by atoms with van der Waals surface area (Å²) in [5.41, 5.74) is 7.46. The van der Waals surface area contributed by atoms with Crippen LogP contribution in [0.3, 0.4) is 0 Å². The van der Waals surface area contributed by atoms with Crippen LogP contribution < -0.4 is 5.73 Å². The largest absolute Gasteiger partial charge is 0.340 e. The molecule has 0 bridgehead atoms. The summed E-state index contributed by atoms with van der Waals surface area (Å²) in [5.74, 6) is 1.43. The highest BCUT2D eigenvalue weighted by Crippen LogP contribution is 2.42. The Kier molecular flexibility index (Phi) is 5.33. The summed E-state index contributed by atoms with van der Waals surface area (Å²) in [6.45, 7) is 6.05. The normalized spacial score (nSPS) is 22.3. The first kappa shape index (κ1) is 16.4. The highest BCUT2D eigenvalue weighted by molar-refractivity contribution is 7.98. The van der Waals surface area contributed by atoms with Crippen LogP contribution in [0, 0.1) is 5.41 Å². The first-order valence-electron chi connectivity index (χ1n) is 7.54. The number of benzene rings is 1. The number of amides is 1. The molecule has 1 aliphatic heterocycles. The molecule has 1 aromatic carbocycles. The Hall–Kier alpha value is -1.00. The zero-order valence-corrected chi connectivity index (χ0v) is 14.0. The third-order valence-electron chi connectivity index (χ3n) is 4.41. The number of thioether (sulfide) groups is 1. The van der Waals surface area contributed by atoms with Crippen molar-refractivity contribution < 1.29 is 4.79 Å². The summed E-state index contributed by atoms with van der Waals surface area (Å²) in [7, 11) is 0. The molecule has 4 heteroatoms. The van der Waals surface area contributed by atoms with Crippen molar-refractivity contribution >= 4 is 17.7 Å². The van der Waals surface area contributed by atoms with E-state index in [1.54, 1.807) is 11.8 Å². The molecule has 1 amide bonds. The molecule has 2 N–H and O–H groups in total. The van der Waals surface area contributed by atoms with Gasteiger partial charge in [0.05, 0.1) is 6.04 Å². The molecule has 21 heavy (non-hydrogen) atoms. The van der Waals surface area contributed by atoms with Crippen molar-refractivity contribution in [3.63, 3.8) is 0 Å². The zero-order chi connectivity index (χ0) is 15.5. The van der Waals surface area contributed by atoms with Gasteiger partial charge < -0.3 is 10.6 Å². The summed E-state index contributed by atoms with van der Waals surface area (Å²) >= 11 is 1.74. The molecule has 0 saturated carbocycles. The van der Waals surface area contributed by atoms with Gasteiger partial charge in [0, 0.05) is 19.0 Å². The van der Waals surface area contributed by atoms with Crippen molar-refractivity contribution in [1.82, 2.24) is 4.90 Å². The minimum Gasteiger partial charge on any atom is -0.340 e. The Morgan fingerprint density at radius 3 is 2.71 bits per heavy atom. The summed E-state index contributed by atoms with van der Waals surface area (Å²) < 4.78 is 0. The zero-order valence-electron chi connectivity index (χ0n) is 13.2. The second-order valence-corrected chi connectivity index (χ2v) is 7.54. The summed E-state index contributed by atoms with van der Waals surface area (Å²) in [4.78, 5) is 14.5. The van der Waals surface area contributed by atoms with Gasteiger partial charge in [0.15, 0.2) is 0 Å². The highest BCUT2D eigenvalue weighted by atomic mass is 32.2. The van der Waals surface area contributed by atoms with Crippen LogP contribution in [0.15, 0.2) is 30.3 Å². The first-order chi connectivity index (χ1) is 9.95. The van der Waals surface area contributed by atoms with E-state index in [1.165, 1.54) is 5.56 Å². The molecule has 0 aliphatic carbocycles. The Balaban J connectivity index is 2.07. The van der Waals surface area contributed by atoms with Crippen molar-refractivity contribution in [2.45, 2.75) is 32.2 Å². The second-order valence-electron chi connectivity index (χ2n) is 6.56. The standard InChI is InChI=1S/C17H26N2OS/c1-17(2)12-19(16(20)15(18)9-10-21-3)11-14(17)13-7-5-4-6-8-13/h4-8,14-15H,9-12,18H2,1-3H3/t14-,15+/m1/s1. The smallest absolute Gasteiger partial charge is 0.239 e. The van der Waals surface area contributed by atoms with Crippen LogP contribution in [-0.2, 0) is 4.79 Å². The average Bonchev–Trinajstić information content (AvgIpc) is 2.80. The van der Waals surface area contributed by atoms with Crippen molar-refractivity contribution in [1.29, 1.82) is 0 Å². The van der Waals surface area contributed by atoms with Crippen LogP contribution in [0.2, 0.25) is 0 Å². The number of carbonyl (C=O) groups is 1. The molecule has 2 atom stereocenters. The number of likely N-dealkylation sites (tertiary alicyclic amines) is 1. The number of hydrogen-bond acceptors (Lipinski definition) is 3. The first-order valence-corrected chi connectivity index (χ1v) is 8.93. The van der Waals surface area contributed by atoms with E-state index in [9.17, 15) is 4.79 Å². The lowest BCUT2D eigenvalue weighted by Gasteiger charge is -2.25. The molecule has 3 nitrogen and oxygen atoms in total. The Bertz CT molecular complexity index is 475. The van der Waals surface area contributed by atoms with Gasteiger partial charge in [-0.25, -0.2) is 0 Å². The predicted octanol–water partition coefficient (Wildman–Crippen LogP) is 2.72. The van der Waals surface area contributed by atoms with Gasteiger partial charge in [-0.15, -0.1) is 0 Å². The van der Waals surface area contributed by atoms with Crippen molar-refractivity contribution in [3.05, 3.63) is 35.9 Å². The number of carbonyl (C=O) groups excluding carboxylic acids is 1. The number of hydrogen-bond donors (Lipinski definition) is 1. The van der Waals surface area contributed by atoms with E-state index in [-0.39, 0.29) is 17.4 Å². The number of nitrogens with two attached hydrogens (primary N) is 1. The molecule has 1 aromatic rings. The Morgan fingerprint density at radius 1 is 1.43 bits per heavy atom. The Labute approximate surface area is 132 Å². The van der Waals surface area contributed by atoms with Gasteiger partial charge in [-0.3, -0.25) is 4.79 Å². The van der Waals surface area contributed by atoms with E-state index in [2.05, 4.69) is 38.1 Å². The lowest BCUT2D eigenvalue weighted by molar-refractivity contribution is -0.131. The van der Waals surface area contributed by atoms with E-state index in [1.807, 2.05) is 17.2 Å². The fourth-order valence-corrected chi connectivity index (χ4v) is 3.64. The number of rotatable bonds is 5. The summed E-state index contributed by atoms with van der Waals surface area (Å²) in [6.07, 6.45) is 2.80. The third-order valence-corrected chi connectivity index (χ3v) is 5.05. The van der Waals surface area contributed by atoms with Gasteiger partial charge in [0.1, 0.15) is 0 Å². The lowest BCUT2D eigenvalue weighted by atomic mass is 9.78. The van der Waals surface area contributed by atoms with Gasteiger partial charge in [-0.1, -0.05) is 44.2 Å². The van der Waals surface area contributed by atoms with E-state index in [0.717, 1.165) is 25.3 Å². The summed E-state index contributed by atoms with van der Waals surface area (Å²) in [5, 5.41) is 0. The average molecular weight is 306 g/mol. The maximum absolute atomic E-state index is 12.5. The Morgan fingerprint density at radius 2 is 2.10 bits per heavy atom. The van der Waals surface area contributed by atoms with Crippen molar-refractivity contribution in [2.75, 3.05) is 25.1 Å². The predicted molar refractivity (Wildman–Crippen MR) is 90.5 cm³/mol. The molecule has 0 spiro atoms. The van der Waals surface area contributed by atoms with Crippen LogP contribution in [0.5, 0.6) is 0 Å². The van der Waals surface area contributed by atoms with E-state index >= 15 is 0 Å². The van der Waals surface area contributed by atoms with Gasteiger partial charge in [0.25, 0.3) is 0 Å². The quantitative estimate of drug-likeness (QED) is 0.910. The molecule has 1 heterocycles. The monoisotopic (exact) mass is 306 g/mol. The summed E-state index contributed by atoms with van der Waals surface area (Å²) in [6, 6.07) is 10.1. The number of nitrogens with zero attached hydrogens (tertiary/aromatic N) is 1. The van der Waals surface area contributed by atoms with Crippen molar-refractivity contribution in [3.8, 4) is 0 Å². The van der Waals surface area contributed by atoms with Crippen LogP contribution >= 0.6 is 11.8 Å². The van der Waals surface area contributed by atoms with E-state index < -0.39 is 0 Å². The molecule has 0 aromatic heterocycles. The third kappa shape index (κ3) is 3.80. The maximum atomic E-state index is 12.5. The molecular weight excluding hydrogens is 280 g/mol. The molecular formula is C17H26N2OS. The SMILES string of the molecule is CSCC[C@H](N)C(=O)N1C[C@H](c2ccccc2)C(C)(C)C1. The van der Waals surface area contributed by atoms with Crippen molar-refractivity contribution in [2.24, 2.45) is 11.1 Å². The molecule has 1 fully saturated rings. The molecule has 1 saturated heterocycles. The van der Waals surface area contributed by atoms with Gasteiger partial charge in [-0.2, -0.15) is 11.8 Å². The second kappa shape index (κ2) is 6.84. The lowest BCUT2D eigenvalue weighted by Crippen LogP contribution is -2.43. The van der Waals surface area contributed by atoms with E-state index in [4.69, 9.17) is 5.73 Å². The van der Waals surface area contributed by atoms with Gasteiger partial charge >= 0.3 is 0 Å². The minimum absolute atomic E-state index is 0.0935. The minimum atomic E-state index is -0.359. The maximum Gasteiger partial charge on any atom is 0.239 e. The molecule has 116 valence electrons. The van der Waals surface area contributed by atoms with Crippen LogP contribution in [0.1, 0.15) is 31.7 Å². The fraction of sp³-hybridized carbons (Fsp3) is 0.588. The topological polar surface area (TPSA) is 46.3 Å². The van der Waals surface area contributed by atoms with Crippen LogP contribution in [0.4, 0.5) is 0 Å². The highest BCUT2D eigenvalue weighted by Gasteiger charge is 2.42. The molecule has 0 radical (unpaired) electrons. The van der Waals surface area contributed by atoms with Gasteiger partial charge in [0.2, 0.25) is 5.91 Å². The molecule has 1 aliphatic rings. The van der Waals surface area contributed by atoms with Crippen LogP contribution in [-0.4, -0.2) is 41.9 Å². The van der Waals surface area contributed by atoms with Crippen LogP contribution in [0.25, 0.3) is 0 Å².